The van der Waals surface area contributed by atoms with E-state index in [9.17, 15) is 8.42 Å². The number of rotatable bonds is 7. The lowest BCUT2D eigenvalue weighted by atomic mass is 10.1. The first kappa shape index (κ1) is 16.7. The Bertz CT molecular complexity index is 563. The molecule has 1 aliphatic rings. The van der Waals surface area contributed by atoms with Crippen LogP contribution in [0.3, 0.4) is 0 Å². The molecule has 0 amide bonds. The highest BCUT2D eigenvalue weighted by Crippen LogP contribution is 2.40. The monoisotopic (exact) mass is 327 g/mol. The average Bonchev–Trinajstić information content (AvgIpc) is 2.95. The Kier molecular flexibility index (Phi) is 5.60. The Balaban J connectivity index is 2.17. The maximum absolute atomic E-state index is 12.4. The SMILES string of the molecule is CCCS(=O)(=O)c1ccccc1NCC1(SC)CCCC1. The third-order valence-electron chi connectivity index (χ3n) is 4.24. The van der Waals surface area contributed by atoms with Crippen LogP contribution in [0.4, 0.5) is 5.69 Å². The van der Waals surface area contributed by atoms with Gasteiger partial charge in [-0.1, -0.05) is 31.9 Å². The Morgan fingerprint density at radius 1 is 1.24 bits per heavy atom. The molecule has 1 aromatic rings. The molecule has 0 aromatic heterocycles. The standard InChI is InChI=1S/C16H25NO2S2/c1-3-12-21(18,19)15-9-5-4-8-14(15)17-13-16(20-2)10-6-7-11-16/h4-5,8-9,17H,3,6-7,10-13H2,1-2H3. The highest BCUT2D eigenvalue weighted by Gasteiger charge is 2.33. The summed E-state index contributed by atoms with van der Waals surface area (Å²) in [5.74, 6) is 0.208. The molecule has 1 aliphatic carbocycles. The number of anilines is 1. The van der Waals surface area contributed by atoms with Crippen LogP contribution in [-0.2, 0) is 9.84 Å². The van der Waals surface area contributed by atoms with Crippen LogP contribution in [-0.4, -0.2) is 31.7 Å². The predicted octanol–water partition coefficient (Wildman–Crippen LogP) is 3.96. The van der Waals surface area contributed by atoms with Crippen molar-refractivity contribution in [1.82, 2.24) is 0 Å². The van der Waals surface area contributed by atoms with E-state index in [1.807, 2.05) is 30.8 Å². The highest BCUT2D eigenvalue weighted by molar-refractivity contribution is 8.00. The maximum atomic E-state index is 12.4. The molecule has 1 aromatic carbocycles. The summed E-state index contributed by atoms with van der Waals surface area (Å²) in [7, 11) is -3.18. The zero-order valence-corrected chi connectivity index (χ0v) is 14.5. The van der Waals surface area contributed by atoms with Crippen molar-refractivity contribution < 1.29 is 8.42 Å². The minimum absolute atomic E-state index is 0.208. The molecule has 0 radical (unpaired) electrons. The van der Waals surface area contributed by atoms with Crippen LogP contribution < -0.4 is 5.32 Å². The van der Waals surface area contributed by atoms with E-state index in [0.29, 0.717) is 11.3 Å². The van der Waals surface area contributed by atoms with Gasteiger partial charge in [-0.2, -0.15) is 11.8 Å². The van der Waals surface area contributed by atoms with Crippen LogP contribution in [0.1, 0.15) is 39.0 Å². The van der Waals surface area contributed by atoms with E-state index >= 15 is 0 Å². The second kappa shape index (κ2) is 7.05. The normalized spacial score (nSPS) is 17.8. The second-order valence-corrected chi connectivity index (χ2v) is 9.11. The topological polar surface area (TPSA) is 46.2 Å². The van der Waals surface area contributed by atoms with E-state index in [-0.39, 0.29) is 10.5 Å². The molecule has 0 spiro atoms. The predicted molar refractivity (Wildman–Crippen MR) is 92.0 cm³/mol. The van der Waals surface area contributed by atoms with Gasteiger partial charge in [0.15, 0.2) is 9.84 Å². The molecule has 0 heterocycles. The van der Waals surface area contributed by atoms with Crippen molar-refractivity contribution in [2.75, 3.05) is 23.9 Å². The van der Waals surface area contributed by atoms with Gasteiger partial charge >= 0.3 is 0 Å². The summed E-state index contributed by atoms with van der Waals surface area (Å²) in [4.78, 5) is 0.445. The van der Waals surface area contributed by atoms with E-state index in [2.05, 4.69) is 11.6 Å². The number of hydrogen-bond donors (Lipinski definition) is 1. The molecular formula is C16H25NO2S2. The molecule has 1 saturated carbocycles. The quantitative estimate of drug-likeness (QED) is 0.823. The number of thioether (sulfide) groups is 1. The fourth-order valence-corrected chi connectivity index (χ4v) is 5.42. The average molecular weight is 328 g/mol. The van der Waals surface area contributed by atoms with Crippen molar-refractivity contribution in [2.24, 2.45) is 0 Å². The zero-order valence-electron chi connectivity index (χ0n) is 12.9. The van der Waals surface area contributed by atoms with Gasteiger partial charge in [0.2, 0.25) is 0 Å². The van der Waals surface area contributed by atoms with Gasteiger partial charge < -0.3 is 5.32 Å². The Labute approximate surface area is 132 Å². The molecule has 0 atom stereocenters. The van der Waals surface area contributed by atoms with E-state index in [1.165, 1.54) is 25.7 Å². The lowest BCUT2D eigenvalue weighted by molar-refractivity contribution is 0.594. The summed E-state index contributed by atoms with van der Waals surface area (Å²) >= 11 is 1.91. The molecule has 2 rings (SSSR count). The van der Waals surface area contributed by atoms with Crippen LogP contribution >= 0.6 is 11.8 Å². The third-order valence-corrected chi connectivity index (χ3v) is 7.63. The summed E-state index contributed by atoms with van der Waals surface area (Å²) < 4.78 is 25.0. The Hall–Kier alpha value is -0.680. The zero-order chi connectivity index (χ0) is 15.3. The second-order valence-electron chi connectivity index (χ2n) is 5.76. The summed E-state index contributed by atoms with van der Waals surface area (Å²) in [6, 6.07) is 7.29. The summed E-state index contributed by atoms with van der Waals surface area (Å²) in [6.45, 7) is 2.74. The Morgan fingerprint density at radius 2 is 1.90 bits per heavy atom. The highest BCUT2D eigenvalue weighted by atomic mass is 32.2. The van der Waals surface area contributed by atoms with Gasteiger partial charge in [-0.05, 0) is 37.7 Å². The number of para-hydroxylation sites is 1. The van der Waals surface area contributed by atoms with Crippen LogP contribution in [0, 0.1) is 0 Å². The Morgan fingerprint density at radius 3 is 2.52 bits per heavy atom. The van der Waals surface area contributed by atoms with Gasteiger partial charge in [0.1, 0.15) is 0 Å². The minimum Gasteiger partial charge on any atom is -0.383 e. The van der Waals surface area contributed by atoms with Crippen molar-refractivity contribution in [3.8, 4) is 0 Å². The fraction of sp³-hybridized carbons (Fsp3) is 0.625. The minimum atomic E-state index is -3.18. The molecule has 0 unspecified atom stereocenters. The molecule has 5 heteroatoms. The van der Waals surface area contributed by atoms with Crippen molar-refractivity contribution in [1.29, 1.82) is 0 Å². The largest absolute Gasteiger partial charge is 0.383 e. The molecule has 1 N–H and O–H groups in total. The van der Waals surface area contributed by atoms with E-state index in [4.69, 9.17) is 0 Å². The van der Waals surface area contributed by atoms with Crippen molar-refractivity contribution in [3.05, 3.63) is 24.3 Å². The first-order valence-electron chi connectivity index (χ1n) is 7.64. The van der Waals surface area contributed by atoms with Gasteiger partial charge in [0.25, 0.3) is 0 Å². The number of sulfone groups is 1. The van der Waals surface area contributed by atoms with E-state index < -0.39 is 9.84 Å². The first-order valence-corrected chi connectivity index (χ1v) is 10.5. The summed E-state index contributed by atoms with van der Waals surface area (Å²) in [5.41, 5.74) is 0.756. The van der Waals surface area contributed by atoms with Crippen molar-refractivity contribution in [3.63, 3.8) is 0 Å². The van der Waals surface area contributed by atoms with Gasteiger partial charge in [-0.25, -0.2) is 8.42 Å². The summed E-state index contributed by atoms with van der Waals surface area (Å²) in [5, 5.41) is 3.41. The lowest BCUT2D eigenvalue weighted by Crippen LogP contribution is -2.30. The van der Waals surface area contributed by atoms with Crippen LogP contribution in [0.5, 0.6) is 0 Å². The van der Waals surface area contributed by atoms with Gasteiger partial charge in [-0.3, -0.25) is 0 Å². The molecule has 0 bridgehead atoms. The molecule has 1 fully saturated rings. The third kappa shape index (κ3) is 3.95. The van der Waals surface area contributed by atoms with E-state index in [1.54, 1.807) is 12.1 Å². The number of nitrogens with one attached hydrogen (secondary N) is 1. The fourth-order valence-electron chi connectivity index (χ4n) is 2.99. The van der Waals surface area contributed by atoms with Crippen LogP contribution in [0.2, 0.25) is 0 Å². The molecule has 3 nitrogen and oxygen atoms in total. The molecule has 21 heavy (non-hydrogen) atoms. The van der Waals surface area contributed by atoms with Gasteiger partial charge in [0.05, 0.1) is 16.3 Å². The van der Waals surface area contributed by atoms with Crippen LogP contribution in [0.25, 0.3) is 0 Å². The number of hydrogen-bond acceptors (Lipinski definition) is 4. The van der Waals surface area contributed by atoms with Crippen LogP contribution in [0.15, 0.2) is 29.2 Å². The lowest BCUT2D eigenvalue weighted by Gasteiger charge is -2.28. The summed E-state index contributed by atoms with van der Waals surface area (Å²) in [6.07, 6.45) is 7.78. The van der Waals surface area contributed by atoms with E-state index in [0.717, 1.165) is 12.2 Å². The number of benzene rings is 1. The van der Waals surface area contributed by atoms with Gasteiger partial charge in [-0.15, -0.1) is 0 Å². The molecule has 118 valence electrons. The van der Waals surface area contributed by atoms with Crippen molar-refractivity contribution >= 4 is 27.3 Å². The molecule has 0 saturated heterocycles. The van der Waals surface area contributed by atoms with Crippen molar-refractivity contribution in [2.45, 2.75) is 48.7 Å². The maximum Gasteiger partial charge on any atom is 0.180 e. The van der Waals surface area contributed by atoms with Gasteiger partial charge in [0, 0.05) is 11.3 Å². The molecular weight excluding hydrogens is 302 g/mol. The molecule has 0 aliphatic heterocycles. The first-order chi connectivity index (χ1) is 10.0. The smallest absolute Gasteiger partial charge is 0.180 e.